The molecule has 4 nitrogen and oxygen atoms in total. The van der Waals surface area contributed by atoms with E-state index in [-0.39, 0.29) is 22.1 Å². The van der Waals surface area contributed by atoms with E-state index in [0.29, 0.717) is 0 Å². The van der Waals surface area contributed by atoms with Gasteiger partial charge in [0.2, 0.25) is 5.95 Å². The molecule has 1 heterocycles. The normalized spacial score (nSPS) is 10.1. The summed E-state index contributed by atoms with van der Waals surface area (Å²) in [6, 6.07) is 8.82. The highest BCUT2D eigenvalue weighted by molar-refractivity contribution is 6.35. The number of pyridine rings is 1. The molecule has 0 radical (unpaired) electrons. The van der Waals surface area contributed by atoms with Crippen molar-refractivity contribution in [1.82, 2.24) is 4.98 Å². The first kappa shape index (κ1) is 12.3. The van der Waals surface area contributed by atoms with Crippen molar-refractivity contribution in [3.8, 4) is 0 Å². The largest absolute Gasteiger partial charge is 0.398 e. The molecule has 0 atom stereocenters. The summed E-state index contributed by atoms with van der Waals surface area (Å²) in [6.45, 7) is 0. The van der Waals surface area contributed by atoms with E-state index >= 15 is 0 Å². The van der Waals surface area contributed by atoms with Gasteiger partial charge in [-0.15, -0.1) is 0 Å². The van der Waals surface area contributed by atoms with Crippen LogP contribution in [0.2, 0.25) is 5.02 Å². The van der Waals surface area contributed by atoms with Gasteiger partial charge >= 0.3 is 0 Å². The van der Waals surface area contributed by atoms with Crippen LogP contribution in [0.5, 0.6) is 0 Å². The molecule has 0 aliphatic rings. The molecule has 1 amide bonds. The van der Waals surface area contributed by atoms with E-state index in [1.54, 1.807) is 18.2 Å². The molecule has 2 aromatic rings. The van der Waals surface area contributed by atoms with Crippen LogP contribution in [-0.2, 0) is 0 Å². The molecule has 1 aromatic carbocycles. The van der Waals surface area contributed by atoms with E-state index in [4.69, 9.17) is 17.3 Å². The second kappa shape index (κ2) is 5.01. The summed E-state index contributed by atoms with van der Waals surface area (Å²) in [5.41, 5.74) is 6.06. The molecule has 1 aromatic heterocycles. The lowest BCUT2D eigenvalue weighted by molar-refractivity contribution is 0.102. The van der Waals surface area contributed by atoms with Gasteiger partial charge in [0.05, 0.1) is 10.6 Å². The molecule has 0 saturated carbocycles. The third-order valence-electron chi connectivity index (χ3n) is 2.23. The number of hydrogen-bond donors (Lipinski definition) is 2. The van der Waals surface area contributed by atoms with E-state index in [0.717, 1.165) is 0 Å². The Balaban J connectivity index is 2.28. The molecule has 0 bridgehead atoms. The molecule has 0 aliphatic carbocycles. The van der Waals surface area contributed by atoms with E-state index in [1.165, 1.54) is 18.2 Å². The zero-order valence-corrected chi connectivity index (χ0v) is 9.91. The van der Waals surface area contributed by atoms with E-state index in [2.05, 4.69) is 10.3 Å². The average Bonchev–Trinajstić information content (AvgIpc) is 2.28. The first-order chi connectivity index (χ1) is 8.58. The molecule has 0 unspecified atom stereocenters. The minimum absolute atomic E-state index is 0.0966. The third kappa shape index (κ3) is 2.57. The fourth-order valence-corrected chi connectivity index (χ4v) is 1.70. The summed E-state index contributed by atoms with van der Waals surface area (Å²) < 4.78 is 12.9. The van der Waals surface area contributed by atoms with Crippen LogP contribution in [0.15, 0.2) is 36.4 Å². The lowest BCUT2D eigenvalue weighted by Gasteiger charge is -2.08. The molecule has 0 spiro atoms. The van der Waals surface area contributed by atoms with Gasteiger partial charge in [0, 0.05) is 5.69 Å². The van der Waals surface area contributed by atoms with E-state index in [9.17, 15) is 9.18 Å². The fraction of sp³-hybridized carbons (Fsp3) is 0. The van der Waals surface area contributed by atoms with Crippen molar-refractivity contribution >= 4 is 29.0 Å². The van der Waals surface area contributed by atoms with Gasteiger partial charge in [-0.2, -0.15) is 4.39 Å². The Morgan fingerprint density at radius 3 is 2.67 bits per heavy atom. The summed E-state index contributed by atoms with van der Waals surface area (Å²) in [6.07, 6.45) is 0. The number of hydrogen-bond acceptors (Lipinski definition) is 3. The number of anilines is 2. The smallest absolute Gasteiger partial charge is 0.260 e. The Bertz CT molecular complexity index is 583. The minimum Gasteiger partial charge on any atom is -0.398 e. The maximum atomic E-state index is 12.9. The molecule has 0 saturated heterocycles. The second-order valence-corrected chi connectivity index (χ2v) is 3.91. The summed E-state index contributed by atoms with van der Waals surface area (Å²) in [7, 11) is 0. The van der Waals surface area contributed by atoms with Gasteiger partial charge in [-0.05, 0) is 24.3 Å². The Hall–Kier alpha value is -2.14. The summed E-state index contributed by atoms with van der Waals surface area (Å²) in [4.78, 5) is 15.4. The van der Waals surface area contributed by atoms with Gasteiger partial charge in [-0.3, -0.25) is 4.79 Å². The number of aromatic nitrogens is 1. The second-order valence-electron chi connectivity index (χ2n) is 3.50. The Labute approximate surface area is 108 Å². The van der Waals surface area contributed by atoms with Gasteiger partial charge in [0.25, 0.3) is 5.91 Å². The van der Waals surface area contributed by atoms with Crippen molar-refractivity contribution < 1.29 is 9.18 Å². The van der Waals surface area contributed by atoms with E-state index < -0.39 is 11.9 Å². The number of nitrogens with two attached hydrogens (primary N) is 1. The van der Waals surface area contributed by atoms with Gasteiger partial charge in [0.15, 0.2) is 0 Å². The number of amides is 1. The predicted octanol–water partition coefficient (Wildman–Crippen LogP) is 2.71. The number of carbonyl (C=O) groups excluding carboxylic acids is 1. The third-order valence-corrected chi connectivity index (χ3v) is 2.54. The van der Waals surface area contributed by atoms with Gasteiger partial charge in [0.1, 0.15) is 5.82 Å². The number of nitrogens with one attached hydrogen (secondary N) is 1. The number of carbonyl (C=O) groups is 1. The van der Waals surface area contributed by atoms with Gasteiger partial charge in [-0.25, -0.2) is 4.98 Å². The SMILES string of the molecule is Nc1cccc(Cl)c1C(=O)Nc1cccc(F)n1. The zero-order chi connectivity index (χ0) is 13.1. The van der Waals surface area contributed by atoms with Crippen LogP contribution >= 0.6 is 11.6 Å². The molecule has 0 aliphatic heterocycles. The lowest BCUT2D eigenvalue weighted by Crippen LogP contribution is -2.15. The maximum absolute atomic E-state index is 12.9. The average molecular weight is 266 g/mol. The number of nitrogens with zero attached hydrogens (tertiary/aromatic N) is 1. The van der Waals surface area contributed by atoms with Crippen molar-refractivity contribution in [3.63, 3.8) is 0 Å². The van der Waals surface area contributed by atoms with Crippen molar-refractivity contribution in [2.45, 2.75) is 0 Å². The lowest BCUT2D eigenvalue weighted by atomic mass is 10.1. The highest BCUT2D eigenvalue weighted by Crippen LogP contribution is 2.22. The number of halogens is 2. The van der Waals surface area contributed by atoms with Crippen LogP contribution in [-0.4, -0.2) is 10.9 Å². The van der Waals surface area contributed by atoms with Crippen molar-refractivity contribution in [3.05, 3.63) is 52.9 Å². The van der Waals surface area contributed by atoms with Crippen LogP contribution in [0.1, 0.15) is 10.4 Å². The predicted molar refractivity (Wildman–Crippen MR) is 68.0 cm³/mol. The molecule has 6 heteroatoms. The summed E-state index contributed by atoms with van der Waals surface area (Å²) in [5.74, 6) is -1.12. The Kier molecular flexibility index (Phi) is 3.43. The van der Waals surface area contributed by atoms with Gasteiger partial charge < -0.3 is 11.1 Å². The van der Waals surface area contributed by atoms with Crippen LogP contribution in [0.25, 0.3) is 0 Å². The quantitative estimate of drug-likeness (QED) is 0.648. The molecule has 18 heavy (non-hydrogen) atoms. The first-order valence-corrected chi connectivity index (χ1v) is 5.43. The molecular formula is C12H9ClFN3O. The molecule has 92 valence electrons. The van der Waals surface area contributed by atoms with Crippen molar-refractivity contribution in [2.24, 2.45) is 0 Å². The van der Waals surface area contributed by atoms with Crippen LogP contribution in [0, 0.1) is 5.95 Å². The van der Waals surface area contributed by atoms with Crippen molar-refractivity contribution in [2.75, 3.05) is 11.1 Å². The zero-order valence-electron chi connectivity index (χ0n) is 9.15. The maximum Gasteiger partial charge on any atom is 0.260 e. The monoisotopic (exact) mass is 265 g/mol. The molecular weight excluding hydrogens is 257 g/mol. The highest BCUT2D eigenvalue weighted by Gasteiger charge is 2.14. The highest BCUT2D eigenvalue weighted by atomic mass is 35.5. The van der Waals surface area contributed by atoms with E-state index in [1.807, 2.05) is 0 Å². The fourth-order valence-electron chi connectivity index (χ4n) is 1.44. The number of rotatable bonds is 2. The summed E-state index contributed by atoms with van der Waals surface area (Å²) in [5, 5.41) is 2.65. The molecule has 0 fully saturated rings. The first-order valence-electron chi connectivity index (χ1n) is 5.06. The van der Waals surface area contributed by atoms with Crippen LogP contribution < -0.4 is 11.1 Å². The summed E-state index contributed by atoms with van der Waals surface area (Å²) >= 11 is 5.89. The molecule has 2 rings (SSSR count). The minimum atomic E-state index is -0.681. The van der Waals surface area contributed by atoms with Gasteiger partial charge in [-0.1, -0.05) is 23.7 Å². The standard InChI is InChI=1S/C12H9ClFN3O/c13-7-3-1-4-8(15)11(7)12(18)17-10-6-2-5-9(14)16-10/h1-6H,15H2,(H,16,17,18). The van der Waals surface area contributed by atoms with Crippen LogP contribution in [0.3, 0.4) is 0 Å². The Morgan fingerprint density at radius 1 is 1.28 bits per heavy atom. The number of benzene rings is 1. The molecule has 3 N–H and O–H groups in total. The Morgan fingerprint density at radius 2 is 2.00 bits per heavy atom. The topological polar surface area (TPSA) is 68.0 Å². The van der Waals surface area contributed by atoms with Crippen molar-refractivity contribution in [1.29, 1.82) is 0 Å². The number of nitrogen functional groups attached to an aromatic ring is 1. The van der Waals surface area contributed by atoms with Crippen LogP contribution in [0.4, 0.5) is 15.9 Å².